The Bertz CT molecular complexity index is 675. The van der Waals surface area contributed by atoms with Gasteiger partial charge in [-0.3, -0.25) is 4.79 Å². The van der Waals surface area contributed by atoms with Gasteiger partial charge in [-0.05, 0) is 37.8 Å². The number of likely N-dealkylation sites (tertiary alicyclic amines) is 1. The van der Waals surface area contributed by atoms with Crippen LogP contribution in [0.3, 0.4) is 0 Å². The molecule has 3 rings (SSSR count). The molecule has 0 unspecified atom stereocenters. The van der Waals surface area contributed by atoms with Crippen molar-refractivity contribution in [1.29, 1.82) is 0 Å². The molecule has 1 aliphatic rings. The third-order valence-corrected chi connectivity index (χ3v) is 4.37. The van der Waals surface area contributed by atoms with Gasteiger partial charge in [0.2, 0.25) is 0 Å². The second-order valence-corrected chi connectivity index (χ2v) is 6.15. The van der Waals surface area contributed by atoms with Gasteiger partial charge in [-0.25, -0.2) is 0 Å². The number of ether oxygens (including phenoxy) is 1. The van der Waals surface area contributed by atoms with E-state index >= 15 is 0 Å². The molecule has 1 fully saturated rings. The van der Waals surface area contributed by atoms with Crippen LogP contribution in [0, 0.1) is 6.92 Å². The van der Waals surface area contributed by atoms with E-state index in [-0.39, 0.29) is 12.0 Å². The normalized spacial score (nSPS) is 17.2. The Morgan fingerprint density at radius 1 is 1.29 bits per heavy atom. The van der Waals surface area contributed by atoms with Crippen molar-refractivity contribution in [2.24, 2.45) is 0 Å². The lowest BCUT2D eigenvalue weighted by molar-refractivity contribution is 0.0524. The first kappa shape index (κ1) is 16.6. The largest absolute Gasteiger partial charge is 0.376 e. The number of nitrogens with zero attached hydrogens (tertiary/aromatic N) is 3. The van der Waals surface area contributed by atoms with E-state index in [1.807, 2.05) is 17.9 Å². The van der Waals surface area contributed by atoms with Crippen molar-refractivity contribution in [1.82, 2.24) is 15.1 Å². The van der Waals surface area contributed by atoms with Crippen LogP contribution in [0.2, 0.25) is 0 Å². The zero-order valence-electron chi connectivity index (χ0n) is 14.0. The molecule has 2 aromatic rings. The lowest BCUT2D eigenvalue weighted by Crippen LogP contribution is -2.31. The number of hydrogen-bond acceptors (Lipinski definition) is 4. The Morgan fingerprint density at radius 2 is 2.12 bits per heavy atom. The van der Waals surface area contributed by atoms with Crippen LogP contribution in [-0.4, -0.2) is 46.8 Å². The monoisotopic (exact) mass is 325 g/mol. The molecule has 1 amide bonds. The molecule has 5 heteroatoms. The molecule has 0 saturated carbocycles. The van der Waals surface area contributed by atoms with Crippen molar-refractivity contribution in [3.63, 3.8) is 0 Å². The number of hydrogen-bond donors (Lipinski definition) is 0. The van der Waals surface area contributed by atoms with Crippen molar-refractivity contribution in [3.8, 4) is 0 Å². The van der Waals surface area contributed by atoms with Gasteiger partial charge in [0.1, 0.15) is 0 Å². The molecular weight excluding hydrogens is 302 g/mol. The molecule has 126 valence electrons. The second kappa shape index (κ2) is 8.02. The van der Waals surface area contributed by atoms with E-state index in [9.17, 15) is 4.79 Å². The summed E-state index contributed by atoms with van der Waals surface area (Å²) in [7, 11) is 0. The summed E-state index contributed by atoms with van der Waals surface area (Å²) in [6, 6.07) is 12.2. The number of aromatic nitrogens is 2. The molecule has 0 N–H and O–H groups in total. The number of benzene rings is 1. The Kier molecular flexibility index (Phi) is 5.54. The van der Waals surface area contributed by atoms with Crippen molar-refractivity contribution in [2.45, 2.75) is 32.3 Å². The van der Waals surface area contributed by atoms with Crippen LogP contribution >= 0.6 is 0 Å². The quantitative estimate of drug-likeness (QED) is 0.766. The van der Waals surface area contributed by atoms with Gasteiger partial charge in [0.05, 0.1) is 23.6 Å². The predicted octanol–water partition coefficient (Wildman–Crippen LogP) is 2.65. The minimum absolute atomic E-state index is 0.0257. The van der Waals surface area contributed by atoms with E-state index in [0.29, 0.717) is 17.8 Å². The zero-order chi connectivity index (χ0) is 16.8. The number of carbonyl (C=O) groups excluding carboxylic acids is 1. The van der Waals surface area contributed by atoms with Gasteiger partial charge in [-0.15, -0.1) is 0 Å². The van der Waals surface area contributed by atoms with Crippen LogP contribution in [0.5, 0.6) is 0 Å². The molecule has 1 atom stereocenters. The average Bonchev–Trinajstić information content (AvgIpc) is 3.08. The minimum Gasteiger partial charge on any atom is -0.376 e. The first-order valence-electron chi connectivity index (χ1n) is 8.47. The first-order valence-corrected chi connectivity index (χ1v) is 8.47. The maximum absolute atomic E-state index is 12.5. The van der Waals surface area contributed by atoms with Gasteiger partial charge < -0.3 is 9.64 Å². The van der Waals surface area contributed by atoms with E-state index in [1.165, 1.54) is 5.56 Å². The van der Waals surface area contributed by atoms with Gasteiger partial charge in [0.25, 0.3) is 5.91 Å². The highest BCUT2D eigenvalue weighted by Gasteiger charge is 2.28. The Morgan fingerprint density at radius 3 is 2.92 bits per heavy atom. The fraction of sp³-hybridized carbons (Fsp3) is 0.421. The first-order chi connectivity index (χ1) is 11.7. The van der Waals surface area contributed by atoms with Gasteiger partial charge >= 0.3 is 0 Å². The van der Waals surface area contributed by atoms with Crippen molar-refractivity contribution in [2.75, 3.05) is 19.7 Å². The summed E-state index contributed by atoms with van der Waals surface area (Å²) in [6.45, 7) is 3.95. The van der Waals surface area contributed by atoms with E-state index in [2.05, 4.69) is 34.5 Å². The summed E-state index contributed by atoms with van der Waals surface area (Å²) in [6.07, 6.45) is 4.63. The van der Waals surface area contributed by atoms with Crippen molar-refractivity contribution in [3.05, 3.63) is 59.4 Å². The number of rotatable bonds is 6. The Labute approximate surface area is 142 Å². The van der Waals surface area contributed by atoms with E-state index in [0.717, 1.165) is 32.4 Å². The van der Waals surface area contributed by atoms with Crippen LogP contribution in [0.25, 0.3) is 0 Å². The van der Waals surface area contributed by atoms with Crippen LogP contribution in [-0.2, 0) is 11.2 Å². The summed E-state index contributed by atoms with van der Waals surface area (Å²) in [5.41, 5.74) is 2.65. The highest BCUT2D eigenvalue weighted by atomic mass is 16.5. The van der Waals surface area contributed by atoms with Crippen LogP contribution in [0.15, 0.2) is 42.6 Å². The molecular formula is C19H23N3O2. The molecule has 0 aliphatic carbocycles. The molecule has 24 heavy (non-hydrogen) atoms. The fourth-order valence-corrected chi connectivity index (χ4v) is 3.02. The fourth-order valence-electron chi connectivity index (χ4n) is 3.02. The number of carbonyl (C=O) groups is 1. The molecule has 0 radical (unpaired) electrons. The van der Waals surface area contributed by atoms with Crippen LogP contribution in [0.4, 0.5) is 0 Å². The minimum atomic E-state index is 0.0257. The van der Waals surface area contributed by atoms with E-state index in [4.69, 9.17) is 4.74 Å². The molecule has 0 bridgehead atoms. The summed E-state index contributed by atoms with van der Waals surface area (Å²) in [5, 5.41) is 7.75. The van der Waals surface area contributed by atoms with Crippen molar-refractivity contribution >= 4 is 5.91 Å². The molecule has 1 aromatic heterocycles. The second-order valence-electron chi connectivity index (χ2n) is 6.15. The number of aryl methyl sites for hydroxylation is 2. The molecule has 1 saturated heterocycles. The standard InChI is InChI=1S/C19H23N3O2/c1-15-18(9-11-20-21-15)19(23)22-12-10-17(14-22)24-13-5-8-16-6-3-2-4-7-16/h2-4,6-7,9,11,17H,5,8,10,12-14H2,1H3/t17-/m1/s1. The van der Waals surface area contributed by atoms with Crippen LogP contribution in [0.1, 0.15) is 34.5 Å². The van der Waals surface area contributed by atoms with E-state index < -0.39 is 0 Å². The smallest absolute Gasteiger partial charge is 0.255 e. The van der Waals surface area contributed by atoms with Crippen LogP contribution < -0.4 is 0 Å². The van der Waals surface area contributed by atoms with E-state index in [1.54, 1.807) is 12.3 Å². The Hall–Kier alpha value is -2.27. The lowest BCUT2D eigenvalue weighted by atomic mass is 10.1. The molecule has 0 spiro atoms. The third kappa shape index (κ3) is 4.17. The topological polar surface area (TPSA) is 55.3 Å². The number of amides is 1. The summed E-state index contributed by atoms with van der Waals surface area (Å²) in [5.74, 6) is 0.0257. The lowest BCUT2D eigenvalue weighted by Gasteiger charge is -2.17. The molecule has 1 aliphatic heterocycles. The Balaban J connectivity index is 1.42. The van der Waals surface area contributed by atoms with Gasteiger partial charge in [0, 0.05) is 19.7 Å². The predicted molar refractivity (Wildman–Crippen MR) is 91.8 cm³/mol. The summed E-state index contributed by atoms with van der Waals surface area (Å²) in [4.78, 5) is 14.4. The highest BCUT2D eigenvalue weighted by molar-refractivity contribution is 5.95. The van der Waals surface area contributed by atoms with Gasteiger partial charge in [0.15, 0.2) is 0 Å². The zero-order valence-corrected chi connectivity index (χ0v) is 14.0. The van der Waals surface area contributed by atoms with Crippen molar-refractivity contribution < 1.29 is 9.53 Å². The molecule has 5 nitrogen and oxygen atoms in total. The van der Waals surface area contributed by atoms with Gasteiger partial charge in [-0.2, -0.15) is 10.2 Å². The highest BCUT2D eigenvalue weighted by Crippen LogP contribution is 2.17. The average molecular weight is 325 g/mol. The third-order valence-electron chi connectivity index (χ3n) is 4.37. The SMILES string of the molecule is Cc1nnccc1C(=O)N1CC[C@@H](OCCCc2ccccc2)C1. The van der Waals surface area contributed by atoms with Gasteiger partial charge in [-0.1, -0.05) is 30.3 Å². The maximum Gasteiger partial charge on any atom is 0.255 e. The summed E-state index contributed by atoms with van der Waals surface area (Å²) < 4.78 is 5.95. The molecule has 2 heterocycles. The maximum atomic E-state index is 12.5. The molecule has 1 aromatic carbocycles. The summed E-state index contributed by atoms with van der Waals surface area (Å²) >= 11 is 0.